The highest BCUT2D eigenvalue weighted by Crippen LogP contribution is 2.19. The quantitative estimate of drug-likeness (QED) is 0.741. The smallest absolute Gasteiger partial charge is 0.220 e. The Morgan fingerprint density at radius 1 is 1.09 bits per heavy atom. The van der Waals surface area contributed by atoms with Gasteiger partial charge in [-0.15, -0.1) is 0 Å². The maximum absolute atomic E-state index is 13.5. The van der Waals surface area contributed by atoms with Crippen molar-refractivity contribution < 1.29 is 13.6 Å². The van der Waals surface area contributed by atoms with Gasteiger partial charge in [0, 0.05) is 35.6 Å². The van der Waals surface area contributed by atoms with Crippen LogP contribution in [0.15, 0.2) is 48.7 Å². The Labute approximate surface area is 132 Å². The summed E-state index contributed by atoms with van der Waals surface area (Å²) in [6, 6.07) is 11.1. The molecule has 3 aromatic rings. The molecule has 0 saturated heterocycles. The molecule has 0 bridgehead atoms. The van der Waals surface area contributed by atoms with Gasteiger partial charge < -0.3 is 10.3 Å². The Bertz CT molecular complexity index is 842. The van der Waals surface area contributed by atoms with Crippen LogP contribution in [0.1, 0.15) is 17.5 Å². The molecule has 0 unspecified atom stereocenters. The predicted octanol–water partition coefficient (Wildman–Crippen LogP) is 3.70. The van der Waals surface area contributed by atoms with Crippen LogP contribution < -0.4 is 5.32 Å². The number of amides is 1. The molecule has 1 amide bonds. The molecule has 3 nitrogen and oxygen atoms in total. The summed E-state index contributed by atoms with van der Waals surface area (Å²) in [5.74, 6) is -1.24. The van der Waals surface area contributed by atoms with E-state index in [2.05, 4.69) is 10.3 Å². The second-order valence-electron chi connectivity index (χ2n) is 5.37. The van der Waals surface area contributed by atoms with E-state index in [1.165, 1.54) is 0 Å². The third-order valence-corrected chi connectivity index (χ3v) is 3.78. The Hall–Kier alpha value is -2.69. The predicted molar refractivity (Wildman–Crippen MR) is 84.8 cm³/mol. The molecule has 0 saturated carbocycles. The number of fused-ring (bicyclic) bond motifs is 1. The van der Waals surface area contributed by atoms with Crippen LogP contribution in [0.3, 0.4) is 0 Å². The first-order chi connectivity index (χ1) is 11.1. The number of carbonyl (C=O) groups excluding carboxylic acids is 1. The summed E-state index contributed by atoms with van der Waals surface area (Å²) in [4.78, 5) is 15.1. The zero-order chi connectivity index (χ0) is 16.2. The number of hydrogen-bond acceptors (Lipinski definition) is 1. The van der Waals surface area contributed by atoms with E-state index in [0.29, 0.717) is 12.8 Å². The summed E-state index contributed by atoms with van der Waals surface area (Å²) >= 11 is 0. The molecule has 0 aliphatic heterocycles. The minimum Gasteiger partial charge on any atom is -0.361 e. The first-order valence-electron chi connectivity index (χ1n) is 7.39. The van der Waals surface area contributed by atoms with Crippen molar-refractivity contribution >= 4 is 16.8 Å². The van der Waals surface area contributed by atoms with Gasteiger partial charge in [0.05, 0.1) is 0 Å². The Kier molecular flexibility index (Phi) is 4.37. The monoisotopic (exact) mass is 314 g/mol. The van der Waals surface area contributed by atoms with Crippen molar-refractivity contribution in [1.82, 2.24) is 10.3 Å². The summed E-state index contributed by atoms with van der Waals surface area (Å²) in [6.07, 6.45) is 2.77. The van der Waals surface area contributed by atoms with E-state index >= 15 is 0 Å². The fraction of sp³-hybridized carbons (Fsp3) is 0.167. The fourth-order valence-electron chi connectivity index (χ4n) is 2.55. The van der Waals surface area contributed by atoms with Gasteiger partial charge >= 0.3 is 0 Å². The minimum absolute atomic E-state index is 0.0175. The van der Waals surface area contributed by atoms with E-state index in [-0.39, 0.29) is 18.0 Å². The number of nitrogens with one attached hydrogen (secondary N) is 2. The number of halogens is 2. The van der Waals surface area contributed by atoms with Crippen LogP contribution in [0.25, 0.3) is 10.9 Å². The lowest BCUT2D eigenvalue weighted by Crippen LogP contribution is -2.23. The first kappa shape index (κ1) is 15.2. The van der Waals surface area contributed by atoms with Crippen molar-refractivity contribution in [1.29, 1.82) is 0 Å². The lowest BCUT2D eigenvalue weighted by molar-refractivity contribution is -0.121. The number of H-pyrrole nitrogens is 1. The lowest BCUT2D eigenvalue weighted by Gasteiger charge is -2.06. The Balaban J connectivity index is 1.56. The van der Waals surface area contributed by atoms with Crippen LogP contribution in [0.5, 0.6) is 0 Å². The number of aryl methyl sites for hydroxylation is 1. The average molecular weight is 314 g/mol. The summed E-state index contributed by atoms with van der Waals surface area (Å²) < 4.78 is 26.6. The van der Waals surface area contributed by atoms with Gasteiger partial charge in [0.1, 0.15) is 11.6 Å². The van der Waals surface area contributed by atoms with Gasteiger partial charge in [0.15, 0.2) is 0 Å². The van der Waals surface area contributed by atoms with Crippen molar-refractivity contribution in [3.63, 3.8) is 0 Å². The maximum Gasteiger partial charge on any atom is 0.220 e. The highest BCUT2D eigenvalue weighted by molar-refractivity contribution is 5.84. The SMILES string of the molecule is O=C(CCc1c[nH]c2ccccc12)NCc1cc(F)ccc1F. The number of hydrogen-bond donors (Lipinski definition) is 2. The van der Waals surface area contributed by atoms with Gasteiger partial charge in [0.2, 0.25) is 5.91 Å². The summed E-state index contributed by atoms with van der Waals surface area (Å²) in [6.45, 7) is -0.0175. The van der Waals surface area contributed by atoms with E-state index in [4.69, 9.17) is 0 Å². The number of carbonyl (C=O) groups is 1. The molecule has 1 heterocycles. The Morgan fingerprint density at radius 2 is 1.91 bits per heavy atom. The normalized spacial score (nSPS) is 10.9. The van der Waals surface area contributed by atoms with Gasteiger partial charge in [-0.3, -0.25) is 4.79 Å². The maximum atomic E-state index is 13.5. The van der Waals surface area contributed by atoms with Gasteiger partial charge in [-0.1, -0.05) is 18.2 Å². The lowest BCUT2D eigenvalue weighted by atomic mass is 10.1. The average Bonchev–Trinajstić information content (AvgIpc) is 2.97. The summed E-state index contributed by atoms with van der Waals surface area (Å²) in [5.41, 5.74) is 2.24. The number of benzene rings is 2. The Morgan fingerprint density at radius 3 is 2.78 bits per heavy atom. The molecule has 1 aromatic heterocycles. The molecule has 0 fully saturated rings. The molecular weight excluding hydrogens is 298 g/mol. The highest BCUT2D eigenvalue weighted by Gasteiger charge is 2.08. The van der Waals surface area contributed by atoms with Crippen molar-refractivity contribution in [2.24, 2.45) is 0 Å². The molecule has 5 heteroatoms. The molecule has 0 radical (unpaired) electrons. The molecule has 0 spiro atoms. The molecule has 0 atom stereocenters. The number of para-hydroxylation sites is 1. The van der Waals surface area contributed by atoms with E-state index in [1.807, 2.05) is 30.5 Å². The van der Waals surface area contributed by atoms with E-state index in [1.54, 1.807) is 0 Å². The van der Waals surface area contributed by atoms with Gasteiger partial charge in [-0.05, 0) is 36.2 Å². The van der Waals surface area contributed by atoms with E-state index in [0.717, 1.165) is 34.7 Å². The van der Waals surface area contributed by atoms with Crippen molar-refractivity contribution in [2.45, 2.75) is 19.4 Å². The van der Waals surface area contributed by atoms with Gasteiger partial charge in [0.25, 0.3) is 0 Å². The van der Waals surface area contributed by atoms with Crippen LogP contribution in [-0.4, -0.2) is 10.9 Å². The van der Waals surface area contributed by atoms with Crippen LogP contribution in [-0.2, 0) is 17.8 Å². The zero-order valence-corrected chi connectivity index (χ0v) is 12.4. The topological polar surface area (TPSA) is 44.9 Å². The number of aromatic amines is 1. The fourth-order valence-corrected chi connectivity index (χ4v) is 2.55. The largest absolute Gasteiger partial charge is 0.361 e. The van der Waals surface area contributed by atoms with Crippen molar-refractivity contribution in [2.75, 3.05) is 0 Å². The van der Waals surface area contributed by atoms with Crippen LogP contribution in [0.2, 0.25) is 0 Å². The summed E-state index contributed by atoms with van der Waals surface area (Å²) in [5, 5.41) is 3.72. The van der Waals surface area contributed by atoms with E-state index < -0.39 is 11.6 Å². The molecule has 2 N–H and O–H groups in total. The number of rotatable bonds is 5. The second kappa shape index (κ2) is 6.60. The third kappa shape index (κ3) is 3.56. The van der Waals surface area contributed by atoms with Crippen LogP contribution in [0.4, 0.5) is 8.78 Å². The van der Waals surface area contributed by atoms with Crippen LogP contribution >= 0.6 is 0 Å². The van der Waals surface area contributed by atoms with Crippen molar-refractivity contribution in [3.8, 4) is 0 Å². The molecule has 3 rings (SSSR count). The molecule has 23 heavy (non-hydrogen) atoms. The highest BCUT2D eigenvalue weighted by atomic mass is 19.1. The van der Waals surface area contributed by atoms with E-state index in [9.17, 15) is 13.6 Å². The molecule has 2 aromatic carbocycles. The molecule has 0 aliphatic rings. The van der Waals surface area contributed by atoms with Crippen molar-refractivity contribution in [3.05, 3.63) is 71.4 Å². The van der Waals surface area contributed by atoms with Crippen LogP contribution in [0, 0.1) is 11.6 Å². The molecular formula is C18H16F2N2O. The first-order valence-corrected chi connectivity index (χ1v) is 7.39. The molecule has 0 aliphatic carbocycles. The number of aromatic nitrogens is 1. The van der Waals surface area contributed by atoms with Gasteiger partial charge in [-0.25, -0.2) is 8.78 Å². The molecule has 118 valence electrons. The van der Waals surface area contributed by atoms with Gasteiger partial charge in [-0.2, -0.15) is 0 Å². The second-order valence-corrected chi connectivity index (χ2v) is 5.37. The zero-order valence-electron chi connectivity index (χ0n) is 12.4. The third-order valence-electron chi connectivity index (χ3n) is 3.78. The minimum atomic E-state index is -0.525. The summed E-state index contributed by atoms with van der Waals surface area (Å²) in [7, 11) is 0. The standard InChI is InChI=1S/C18H16F2N2O/c19-14-6-7-16(20)13(9-14)11-22-18(23)8-5-12-10-21-17-4-2-1-3-15(12)17/h1-4,6-7,9-10,21H,5,8,11H2,(H,22,23).